The van der Waals surface area contributed by atoms with E-state index in [1.807, 2.05) is 12.1 Å². The van der Waals surface area contributed by atoms with Gasteiger partial charge in [-0.05, 0) is 43.0 Å². The minimum absolute atomic E-state index is 0.384. The second-order valence-electron chi connectivity index (χ2n) is 7.38. The summed E-state index contributed by atoms with van der Waals surface area (Å²) in [6, 6.07) is 3.85. The molecule has 168 valence electrons. The first-order valence-corrected chi connectivity index (χ1v) is 11.5. The van der Waals surface area contributed by atoms with Crippen molar-refractivity contribution >= 4 is 34.4 Å². The predicted molar refractivity (Wildman–Crippen MR) is 121 cm³/mol. The van der Waals surface area contributed by atoms with E-state index in [0.717, 1.165) is 49.1 Å². The van der Waals surface area contributed by atoms with E-state index in [9.17, 15) is 13.0 Å². The molecule has 2 aromatic heterocycles. The van der Waals surface area contributed by atoms with Gasteiger partial charge in [0.15, 0.2) is 0 Å². The second-order valence-corrected chi connectivity index (χ2v) is 8.57. The number of rotatable bonds is 9. The molecular weight excluding hydrogens is 424 g/mol. The van der Waals surface area contributed by atoms with Crippen LogP contribution in [0.5, 0.6) is 0 Å². The van der Waals surface area contributed by atoms with E-state index in [1.54, 1.807) is 19.5 Å². The van der Waals surface area contributed by atoms with Gasteiger partial charge >= 0.3 is 0 Å². The summed E-state index contributed by atoms with van der Waals surface area (Å²) in [6.07, 6.45) is 4.95. The minimum atomic E-state index is -2.81. The van der Waals surface area contributed by atoms with Crippen LogP contribution in [0.1, 0.15) is 18.7 Å². The molecule has 0 aromatic carbocycles. The number of allylic oxidation sites excluding steroid dienone is 1. The first kappa shape index (κ1) is 23.0. The predicted octanol–water partition coefficient (Wildman–Crippen LogP) is 2.91. The van der Waals surface area contributed by atoms with Crippen LogP contribution < -0.4 is 14.9 Å². The van der Waals surface area contributed by atoms with Crippen molar-refractivity contribution in [2.75, 3.05) is 43.2 Å². The van der Waals surface area contributed by atoms with Crippen molar-refractivity contribution in [3.63, 3.8) is 0 Å². The van der Waals surface area contributed by atoms with E-state index in [-0.39, 0.29) is 0 Å². The van der Waals surface area contributed by atoms with Gasteiger partial charge in [-0.1, -0.05) is 0 Å². The molecule has 3 rings (SSSR count). The lowest BCUT2D eigenvalue weighted by Crippen LogP contribution is -2.40. The number of piperidine rings is 1. The van der Waals surface area contributed by atoms with Crippen LogP contribution in [-0.2, 0) is 11.0 Å². The van der Waals surface area contributed by atoms with Crippen molar-refractivity contribution < 1.29 is 13.0 Å². The lowest BCUT2D eigenvalue weighted by molar-refractivity contribution is 0.226. The van der Waals surface area contributed by atoms with Crippen molar-refractivity contribution in [1.29, 1.82) is 5.41 Å². The quantitative estimate of drug-likeness (QED) is 0.438. The monoisotopic (exact) mass is 451 g/mol. The molecule has 0 aliphatic carbocycles. The summed E-state index contributed by atoms with van der Waals surface area (Å²) in [4.78, 5) is 14.2. The zero-order chi connectivity index (χ0) is 22.4. The van der Waals surface area contributed by atoms with Gasteiger partial charge in [-0.2, -0.15) is 0 Å². The highest BCUT2D eigenvalue weighted by atomic mass is 32.2. The molecule has 4 N–H and O–H groups in total. The Bertz CT molecular complexity index is 963. The lowest BCUT2D eigenvalue weighted by Gasteiger charge is -2.34. The maximum atomic E-state index is 12.5. The van der Waals surface area contributed by atoms with Crippen LogP contribution >= 0.6 is 0 Å². The third kappa shape index (κ3) is 6.41. The lowest BCUT2D eigenvalue weighted by atomic mass is 9.98. The Kier molecular flexibility index (Phi) is 7.85. The van der Waals surface area contributed by atoms with Gasteiger partial charge in [0, 0.05) is 38.5 Å². The third-order valence-electron chi connectivity index (χ3n) is 5.05. The third-order valence-corrected chi connectivity index (χ3v) is 5.62. The van der Waals surface area contributed by atoms with Crippen LogP contribution in [-0.4, -0.2) is 64.2 Å². The van der Waals surface area contributed by atoms with Crippen molar-refractivity contribution in [2.24, 2.45) is 5.92 Å². The first-order valence-electron chi connectivity index (χ1n) is 9.97. The maximum Gasteiger partial charge on any atom is 0.279 e. The molecule has 1 aliphatic rings. The number of alkyl halides is 2. The highest BCUT2D eigenvalue weighted by Gasteiger charge is 2.22. The summed E-state index contributed by atoms with van der Waals surface area (Å²) in [6.45, 7) is 2.40. The Balaban J connectivity index is 1.80. The van der Waals surface area contributed by atoms with E-state index in [1.165, 1.54) is 6.08 Å². The highest BCUT2D eigenvalue weighted by molar-refractivity contribution is 7.82. The zero-order valence-corrected chi connectivity index (χ0v) is 18.3. The van der Waals surface area contributed by atoms with Crippen molar-refractivity contribution in [1.82, 2.24) is 19.7 Å². The largest absolute Gasteiger partial charge is 0.373 e. The number of hydrogen-bond donors (Lipinski definition) is 4. The maximum absolute atomic E-state index is 12.5. The number of aromatic nitrogens is 3. The van der Waals surface area contributed by atoms with E-state index in [2.05, 4.69) is 24.9 Å². The summed E-state index contributed by atoms with van der Waals surface area (Å²) in [5.74, 6) is 2.31. The molecule has 0 saturated carbocycles. The Morgan fingerprint density at radius 1 is 1.48 bits per heavy atom. The van der Waals surface area contributed by atoms with Gasteiger partial charge < -0.3 is 15.2 Å². The number of imidazole rings is 1. The summed E-state index contributed by atoms with van der Waals surface area (Å²) in [5.41, 5.74) is 0.822. The molecule has 0 spiro atoms. The molecular formula is C20H27F2N7OS. The Morgan fingerprint density at radius 2 is 2.29 bits per heavy atom. The molecule has 0 bridgehead atoms. The van der Waals surface area contributed by atoms with Crippen molar-refractivity contribution in [3.8, 4) is 11.3 Å². The fourth-order valence-electron chi connectivity index (χ4n) is 3.45. The average molecular weight is 452 g/mol. The molecule has 0 amide bonds. The number of H-pyrrole nitrogens is 1. The molecule has 2 atom stereocenters. The normalized spacial score (nSPS) is 18.0. The molecule has 1 aliphatic heterocycles. The number of nitrogens with zero attached hydrogens (tertiary/aromatic N) is 3. The molecule has 1 fully saturated rings. The summed E-state index contributed by atoms with van der Waals surface area (Å²) in [7, 11) is 0.770. The Morgan fingerprint density at radius 3 is 3.00 bits per heavy atom. The number of halogens is 2. The Labute approximate surface area is 182 Å². The SMILES string of the molecule is CNc1cc(-c2cnc(/C=C\C(=N)C(F)F)[nH]2)cc(N2CCCC(CNS(C)=O)C2)n1. The first-order chi connectivity index (χ1) is 14.9. The summed E-state index contributed by atoms with van der Waals surface area (Å²) >= 11 is 0. The molecule has 1 saturated heterocycles. The number of nitrogens with one attached hydrogen (secondary N) is 4. The minimum Gasteiger partial charge on any atom is -0.373 e. The molecule has 31 heavy (non-hydrogen) atoms. The molecule has 3 heterocycles. The van der Waals surface area contributed by atoms with Crippen LogP contribution in [0.15, 0.2) is 24.4 Å². The van der Waals surface area contributed by atoms with Crippen LogP contribution in [0.25, 0.3) is 17.3 Å². The van der Waals surface area contributed by atoms with Gasteiger partial charge in [0.05, 0.1) is 28.6 Å². The topological polar surface area (TPSA) is 110 Å². The number of aromatic amines is 1. The van der Waals surface area contributed by atoms with Gasteiger partial charge in [0.25, 0.3) is 6.43 Å². The zero-order valence-electron chi connectivity index (χ0n) is 17.5. The molecule has 2 unspecified atom stereocenters. The standard InChI is InChI=1S/C20H27F2N7OS/c1-24-18-8-14(16-11-25-17(27-16)6-5-15(23)20(21)22)9-19(28-18)29-7-3-4-13(12-29)10-26-31(2)30/h5-6,8-9,11,13,20,23,26H,3-4,7,10,12H2,1-2H3,(H,24,28)(H,25,27)/b6-5-,23-15?. The van der Waals surface area contributed by atoms with Crippen molar-refractivity contribution in [3.05, 3.63) is 30.2 Å². The van der Waals surface area contributed by atoms with E-state index < -0.39 is 23.1 Å². The van der Waals surface area contributed by atoms with E-state index in [4.69, 9.17) is 10.4 Å². The molecule has 2 aromatic rings. The molecule has 0 radical (unpaired) electrons. The molecule has 8 nitrogen and oxygen atoms in total. The highest BCUT2D eigenvalue weighted by Crippen LogP contribution is 2.28. The number of pyridine rings is 1. The number of anilines is 2. The smallest absolute Gasteiger partial charge is 0.279 e. The van der Waals surface area contributed by atoms with E-state index in [0.29, 0.717) is 24.1 Å². The number of hydrogen-bond acceptors (Lipinski definition) is 6. The Hall–Kier alpha value is -2.66. The average Bonchev–Trinajstić information content (AvgIpc) is 3.25. The molecule has 11 heteroatoms. The van der Waals surface area contributed by atoms with Gasteiger partial charge in [-0.25, -0.2) is 27.7 Å². The summed E-state index contributed by atoms with van der Waals surface area (Å²) < 4.78 is 39.3. The van der Waals surface area contributed by atoms with Crippen LogP contribution in [0, 0.1) is 11.3 Å². The summed E-state index contributed by atoms with van der Waals surface area (Å²) in [5, 5.41) is 10.3. The van der Waals surface area contributed by atoms with Gasteiger partial charge in [-0.15, -0.1) is 0 Å². The van der Waals surface area contributed by atoms with Crippen LogP contribution in [0.4, 0.5) is 20.4 Å². The van der Waals surface area contributed by atoms with Crippen molar-refractivity contribution in [2.45, 2.75) is 19.3 Å². The van der Waals surface area contributed by atoms with Gasteiger partial charge in [0.1, 0.15) is 17.5 Å². The van der Waals surface area contributed by atoms with E-state index >= 15 is 0 Å². The van der Waals surface area contributed by atoms with Gasteiger partial charge in [-0.3, -0.25) is 5.41 Å². The fraction of sp³-hybridized carbons (Fsp3) is 0.450. The van der Waals surface area contributed by atoms with Gasteiger partial charge in [0.2, 0.25) is 0 Å². The van der Waals surface area contributed by atoms with Crippen LogP contribution in [0.3, 0.4) is 0 Å². The fourth-order valence-corrected chi connectivity index (χ4v) is 3.92. The van der Waals surface area contributed by atoms with Crippen LogP contribution in [0.2, 0.25) is 0 Å². The second kappa shape index (κ2) is 10.6.